The maximum atomic E-state index is 11.0. The van der Waals surface area contributed by atoms with Crippen molar-refractivity contribution in [1.29, 1.82) is 0 Å². The molecule has 0 aromatic rings. The van der Waals surface area contributed by atoms with E-state index in [2.05, 4.69) is 6.92 Å². The van der Waals surface area contributed by atoms with Crippen molar-refractivity contribution >= 4 is 10.1 Å². The van der Waals surface area contributed by atoms with E-state index in [-0.39, 0.29) is 35.7 Å². The Bertz CT molecular complexity index is 442. The first-order valence-electron chi connectivity index (χ1n) is 12.5. The molecule has 176 valence electrons. The molecule has 0 amide bonds. The van der Waals surface area contributed by atoms with Crippen LogP contribution in [0, 0.1) is 0 Å². The zero-order valence-corrected chi connectivity index (χ0v) is 23.2. The van der Waals surface area contributed by atoms with Gasteiger partial charge in [-0.05, 0) is 32.1 Å². The summed E-state index contributed by atoms with van der Waals surface area (Å²) in [5.41, 5.74) is 0. The Morgan fingerprint density at radius 2 is 1.00 bits per heavy atom. The fourth-order valence-corrected chi connectivity index (χ4v) is 4.89. The number of aliphatic hydroxyl groups excluding tert-OH is 1. The summed E-state index contributed by atoms with van der Waals surface area (Å²) < 4.78 is 33.1. The molecule has 0 aromatic heterocycles. The van der Waals surface area contributed by atoms with E-state index in [0.29, 0.717) is 25.7 Å². The first-order valence-corrected chi connectivity index (χ1v) is 14.0. The van der Waals surface area contributed by atoms with Gasteiger partial charge < -0.3 is 9.66 Å². The van der Waals surface area contributed by atoms with Gasteiger partial charge in [0.1, 0.15) is 0 Å². The van der Waals surface area contributed by atoms with Crippen LogP contribution in [-0.2, 0) is 10.1 Å². The van der Waals surface area contributed by atoms with Crippen molar-refractivity contribution in [2.45, 2.75) is 154 Å². The van der Waals surface area contributed by atoms with Crippen molar-refractivity contribution in [3.8, 4) is 0 Å². The van der Waals surface area contributed by atoms with Gasteiger partial charge in [-0.25, -0.2) is 8.42 Å². The summed E-state index contributed by atoms with van der Waals surface area (Å²) in [7, 11) is -4.19. The quantitative estimate of drug-likeness (QED) is 0.151. The van der Waals surface area contributed by atoms with Crippen LogP contribution >= 0.6 is 0 Å². The van der Waals surface area contributed by atoms with Crippen LogP contribution in [0.1, 0.15) is 142 Å². The van der Waals surface area contributed by atoms with E-state index in [0.717, 1.165) is 12.8 Å². The molecule has 4 nitrogen and oxygen atoms in total. The smallest absolute Gasteiger partial charge is 0.748 e. The zero-order valence-electron chi connectivity index (χ0n) is 20.4. The number of rotatable bonds is 22. The van der Waals surface area contributed by atoms with Crippen LogP contribution in [0.2, 0.25) is 0 Å². The Morgan fingerprint density at radius 1 is 0.633 bits per heavy atom. The van der Waals surface area contributed by atoms with Crippen LogP contribution < -0.4 is 29.6 Å². The Kier molecular flexibility index (Phi) is 25.4. The standard InChI is InChI=1S/C24H50O4S.Na/c1-3-5-6-7-8-9-10-11-12-13-14-15-16-17-18-20-23(25)21-19-22-24(4-2)29(26,27)28;/h23-25H,3-22H2,1-2H3,(H,26,27,28);/q;+1/p-1. The second-order valence-corrected chi connectivity index (χ2v) is 10.5. The predicted molar refractivity (Wildman–Crippen MR) is 123 cm³/mol. The minimum Gasteiger partial charge on any atom is -0.748 e. The van der Waals surface area contributed by atoms with E-state index in [4.69, 9.17) is 0 Å². The fraction of sp³-hybridized carbons (Fsp3) is 1.00. The second kappa shape index (κ2) is 23.0. The average molecular weight is 457 g/mol. The normalized spacial score (nSPS) is 13.7. The van der Waals surface area contributed by atoms with Crippen LogP contribution in [-0.4, -0.2) is 29.4 Å². The minimum atomic E-state index is -4.19. The number of hydrogen-bond donors (Lipinski definition) is 1. The van der Waals surface area contributed by atoms with Crippen molar-refractivity contribution < 1.29 is 47.6 Å². The summed E-state index contributed by atoms with van der Waals surface area (Å²) >= 11 is 0. The summed E-state index contributed by atoms with van der Waals surface area (Å²) in [6.45, 7) is 4.00. The summed E-state index contributed by atoms with van der Waals surface area (Å²) in [5, 5.41) is 9.22. The van der Waals surface area contributed by atoms with E-state index in [1.54, 1.807) is 6.92 Å². The first kappa shape index (κ1) is 33.0. The monoisotopic (exact) mass is 456 g/mol. The molecule has 0 aliphatic rings. The summed E-state index contributed by atoms with van der Waals surface area (Å²) in [4.78, 5) is 0. The van der Waals surface area contributed by atoms with E-state index in [9.17, 15) is 18.1 Å². The summed E-state index contributed by atoms with van der Waals surface area (Å²) in [5.74, 6) is 0. The van der Waals surface area contributed by atoms with Gasteiger partial charge in [0, 0.05) is 5.25 Å². The van der Waals surface area contributed by atoms with Crippen molar-refractivity contribution in [3.05, 3.63) is 0 Å². The first-order chi connectivity index (χ1) is 13.9. The predicted octanol–water partition coefficient (Wildman–Crippen LogP) is 4.11. The third-order valence-electron chi connectivity index (χ3n) is 6.07. The molecule has 0 saturated carbocycles. The van der Waals surface area contributed by atoms with Gasteiger partial charge in [0.05, 0.1) is 16.2 Å². The maximum absolute atomic E-state index is 11.0. The number of aliphatic hydroxyl groups is 1. The molecule has 1 N–H and O–H groups in total. The molecule has 0 aliphatic carbocycles. The van der Waals surface area contributed by atoms with Crippen molar-refractivity contribution in [3.63, 3.8) is 0 Å². The number of hydrogen-bond acceptors (Lipinski definition) is 4. The van der Waals surface area contributed by atoms with Crippen LogP contribution in [0.4, 0.5) is 0 Å². The van der Waals surface area contributed by atoms with Gasteiger partial charge in [-0.15, -0.1) is 0 Å². The zero-order chi connectivity index (χ0) is 21.8. The number of unbranched alkanes of at least 4 members (excludes halogenated alkanes) is 14. The van der Waals surface area contributed by atoms with Crippen LogP contribution in [0.3, 0.4) is 0 Å². The molecule has 2 atom stereocenters. The second-order valence-electron chi connectivity index (χ2n) is 8.85. The third-order valence-corrected chi connectivity index (χ3v) is 7.45. The molecule has 0 radical (unpaired) electrons. The molecule has 6 heteroatoms. The van der Waals surface area contributed by atoms with Gasteiger partial charge in [0.2, 0.25) is 0 Å². The van der Waals surface area contributed by atoms with Crippen molar-refractivity contribution in [2.24, 2.45) is 0 Å². The van der Waals surface area contributed by atoms with Crippen LogP contribution in [0.5, 0.6) is 0 Å². The summed E-state index contributed by atoms with van der Waals surface area (Å²) in [6.07, 6.45) is 22.4. The molecule has 2 unspecified atom stereocenters. The van der Waals surface area contributed by atoms with Crippen LogP contribution in [0.15, 0.2) is 0 Å². The molecule has 0 aliphatic heterocycles. The van der Waals surface area contributed by atoms with Gasteiger partial charge >= 0.3 is 29.6 Å². The fourth-order valence-electron chi connectivity index (χ4n) is 4.03. The van der Waals surface area contributed by atoms with Gasteiger partial charge in [0.15, 0.2) is 0 Å². The Labute approximate surface area is 210 Å². The van der Waals surface area contributed by atoms with Crippen LogP contribution in [0.25, 0.3) is 0 Å². The molecule has 0 bridgehead atoms. The Balaban J connectivity index is 0. The Hall–Kier alpha value is 0.870. The third kappa shape index (κ3) is 22.1. The van der Waals surface area contributed by atoms with Gasteiger partial charge in [-0.2, -0.15) is 0 Å². The maximum Gasteiger partial charge on any atom is 1.00 e. The van der Waals surface area contributed by atoms with E-state index < -0.39 is 15.4 Å². The van der Waals surface area contributed by atoms with Gasteiger partial charge in [-0.3, -0.25) is 0 Å². The van der Waals surface area contributed by atoms with Crippen molar-refractivity contribution in [1.82, 2.24) is 0 Å². The molecule has 0 saturated heterocycles. The summed E-state index contributed by atoms with van der Waals surface area (Å²) in [6, 6.07) is 0. The molecule has 30 heavy (non-hydrogen) atoms. The topological polar surface area (TPSA) is 77.4 Å². The molecule has 0 rings (SSSR count). The molecule has 0 fully saturated rings. The molecule has 0 heterocycles. The average Bonchev–Trinajstić information content (AvgIpc) is 2.67. The Morgan fingerprint density at radius 3 is 1.37 bits per heavy atom. The molecule has 0 aromatic carbocycles. The van der Waals surface area contributed by atoms with Gasteiger partial charge in [-0.1, -0.05) is 110 Å². The molecular formula is C24H49NaO4S. The molecular weight excluding hydrogens is 407 g/mol. The van der Waals surface area contributed by atoms with E-state index in [1.807, 2.05) is 0 Å². The largest absolute Gasteiger partial charge is 1.00 e. The minimum absolute atomic E-state index is 0. The van der Waals surface area contributed by atoms with Gasteiger partial charge in [0.25, 0.3) is 0 Å². The van der Waals surface area contributed by atoms with Crippen molar-refractivity contribution in [2.75, 3.05) is 0 Å². The van der Waals surface area contributed by atoms with E-state index in [1.165, 1.54) is 89.9 Å². The van der Waals surface area contributed by atoms with E-state index >= 15 is 0 Å². The SMILES string of the molecule is CCCCCCCCCCCCCCCCCC(O)CCCC(CC)S(=O)(=O)[O-].[Na+]. The molecule has 0 spiro atoms.